The van der Waals surface area contributed by atoms with Gasteiger partial charge in [0.25, 0.3) is 0 Å². The molecule has 26 heavy (non-hydrogen) atoms. The van der Waals surface area contributed by atoms with Crippen molar-refractivity contribution in [3.05, 3.63) is 58.6 Å². The van der Waals surface area contributed by atoms with Gasteiger partial charge in [0, 0.05) is 36.7 Å². The maximum Gasteiger partial charge on any atom is 0.226 e. The topological polar surface area (TPSA) is 74.8 Å². The molecule has 0 heterocycles. The largest absolute Gasteiger partial charge is 0.497 e. The van der Waals surface area contributed by atoms with Gasteiger partial charge in [0.05, 0.1) is 7.11 Å². The number of hydrogen-bond acceptors (Lipinski definition) is 3. The molecule has 2 aromatic carbocycles. The fraction of sp³-hybridized carbons (Fsp3) is 0.263. The number of rotatable bonds is 7. The van der Waals surface area contributed by atoms with Crippen LogP contribution in [0.2, 0.25) is 0 Å². The van der Waals surface area contributed by atoms with Gasteiger partial charge in [0.2, 0.25) is 5.91 Å². The predicted octanol–water partition coefficient (Wildman–Crippen LogP) is 3.15. The monoisotopic (exact) mass is 418 g/mol. The fourth-order valence-corrected chi connectivity index (χ4v) is 2.50. The Labute approximate surface area is 162 Å². The smallest absolute Gasteiger partial charge is 0.226 e. The van der Waals surface area contributed by atoms with Gasteiger partial charge in [-0.15, -0.1) is 0 Å². The number of ether oxygens (including phenoxy) is 1. The molecule has 0 unspecified atom stereocenters. The molecule has 0 aliphatic rings. The number of benzene rings is 2. The number of carbonyl (C=O) groups excluding carboxylic acids is 1. The number of anilines is 1. The third kappa shape index (κ3) is 6.76. The second-order valence-corrected chi connectivity index (χ2v) is 6.42. The van der Waals surface area contributed by atoms with Crippen molar-refractivity contribution in [2.24, 2.45) is 4.99 Å². The first-order chi connectivity index (χ1) is 12.6. The Balaban J connectivity index is 1.72. The molecule has 0 radical (unpaired) electrons. The molecular weight excluding hydrogens is 396 g/mol. The molecule has 0 bridgehead atoms. The van der Waals surface area contributed by atoms with Gasteiger partial charge >= 0.3 is 0 Å². The molecule has 138 valence electrons. The third-order valence-corrected chi connectivity index (χ3v) is 4.12. The Morgan fingerprint density at radius 2 is 1.92 bits per heavy atom. The van der Waals surface area contributed by atoms with E-state index in [0.717, 1.165) is 21.5 Å². The highest BCUT2D eigenvalue weighted by Crippen LogP contribution is 2.14. The second kappa shape index (κ2) is 10.5. The molecule has 0 atom stereocenters. The van der Waals surface area contributed by atoms with Crippen molar-refractivity contribution < 1.29 is 9.53 Å². The van der Waals surface area contributed by atoms with E-state index >= 15 is 0 Å². The van der Waals surface area contributed by atoms with E-state index in [2.05, 4.69) is 36.9 Å². The highest BCUT2D eigenvalue weighted by molar-refractivity contribution is 9.10. The van der Waals surface area contributed by atoms with E-state index in [9.17, 15) is 4.79 Å². The predicted molar refractivity (Wildman–Crippen MR) is 109 cm³/mol. The summed E-state index contributed by atoms with van der Waals surface area (Å²) in [6.07, 6.45) is 0.343. The number of aliphatic imine (C=N–C) groups is 1. The zero-order valence-corrected chi connectivity index (χ0v) is 16.5. The molecule has 7 heteroatoms. The molecule has 0 aromatic heterocycles. The zero-order valence-electron chi connectivity index (χ0n) is 14.9. The van der Waals surface area contributed by atoms with Crippen molar-refractivity contribution in [2.45, 2.75) is 13.0 Å². The Bertz CT molecular complexity index is 747. The summed E-state index contributed by atoms with van der Waals surface area (Å²) in [5.74, 6) is 1.41. The standard InChI is InChI=1S/C19H23BrN4O2/c1-21-19(23-13-14-4-3-5-17(12-14)26-2)22-11-10-18(25)24-16-8-6-15(20)7-9-16/h3-9,12H,10-11,13H2,1-2H3,(H,24,25)(H2,21,22,23). The van der Waals surface area contributed by atoms with Crippen LogP contribution in [0, 0.1) is 0 Å². The van der Waals surface area contributed by atoms with E-state index < -0.39 is 0 Å². The summed E-state index contributed by atoms with van der Waals surface area (Å²) in [5.41, 5.74) is 1.86. The summed E-state index contributed by atoms with van der Waals surface area (Å²) < 4.78 is 6.19. The van der Waals surface area contributed by atoms with E-state index in [1.165, 1.54) is 0 Å². The summed E-state index contributed by atoms with van der Waals surface area (Å²) >= 11 is 3.37. The molecule has 6 nitrogen and oxygen atoms in total. The van der Waals surface area contributed by atoms with Gasteiger partial charge in [-0.25, -0.2) is 0 Å². The van der Waals surface area contributed by atoms with E-state index in [-0.39, 0.29) is 5.91 Å². The normalized spacial score (nSPS) is 11.0. The molecule has 1 amide bonds. The second-order valence-electron chi connectivity index (χ2n) is 5.51. The number of guanidine groups is 1. The number of methoxy groups -OCH3 is 1. The summed E-state index contributed by atoms with van der Waals surface area (Å²) in [7, 11) is 3.34. The van der Waals surface area contributed by atoms with Crippen molar-refractivity contribution in [3.63, 3.8) is 0 Å². The van der Waals surface area contributed by atoms with Gasteiger partial charge in [0.1, 0.15) is 5.75 Å². The molecule has 2 rings (SSSR count). The van der Waals surface area contributed by atoms with Gasteiger partial charge in [-0.1, -0.05) is 28.1 Å². The van der Waals surface area contributed by atoms with E-state index in [4.69, 9.17) is 4.74 Å². The molecule has 0 saturated carbocycles. The average molecular weight is 419 g/mol. The Hall–Kier alpha value is -2.54. The zero-order chi connectivity index (χ0) is 18.8. The molecule has 0 spiro atoms. The third-order valence-electron chi connectivity index (χ3n) is 3.59. The summed E-state index contributed by atoms with van der Waals surface area (Å²) in [4.78, 5) is 16.1. The first-order valence-electron chi connectivity index (χ1n) is 8.23. The molecule has 0 aliphatic heterocycles. The van der Waals surface area contributed by atoms with E-state index in [1.54, 1.807) is 14.2 Å². The van der Waals surface area contributed by atoms with Gasteiger partial charge < -0.3 is 20.7 Å². The van der Waals surface area contributed by atoms with Crippen LogP contribution in [0.3, 0.4) is 0 Å². The minimum absolute atomic E-state index is 0.0527. The lowest BCUT2D eigenvalue weighted by molar-refractivity contribution is -0.116. The summed E-state index contributed by atoms with van der Waals surface area (Å²) in [6, 6.07) is 15.3. The quantitative estimate of drug-likeness (QED) is 0.476. The number of amides is 1. The van der Waals surface area contributed by atoms with Crippen molar-refractivity contribution >= 4 is 33.5 Å². The first-order valence-corrected chi connectivity index (χ1v) is 9.03. The minimum atomic E-state index is -0.0527. The molecule has 0 fully saturated rings. The van der Waals surface area contributed by atoms with E-state index in [1.807, 2.05) is 48.5 Å². The van der Waals surface area contributed by atoms with Crippen molar-refractivity contribution in [3.8, 4) is 5.75 Å². The van der Waals surface area contributed by atoms with Crippen LogP contribution in [-0.4, -0.2) is 32.6 Å². The van der Waals surface area contributed by atoms with Crippen LogP contribution in [-0.2, 0) is 11.3 Å². The van der Waals surface area contributed by atoms with Crippen LogP contribution in [0.25, 0.3) is 0 Å². The molecule has 3 N–H and O–H groups in total. The number of halogens is 1. The lowest BCUT2D eigenvalue weighted by Gasteiger charge is -2.12. The maximum absolute atomic E-state index is 12.0. The Morgan fingerprint density at radius 1 is 1.15 bits per heavy atom. The van der Waals surface area contributed by atoms with Gasteiger partial charge in [0.15, 0.2) is 5.96 Å². The van der Waals surface area contributed by atoms with Crippen LogP contribution in [0.5, 0.6) is 5.75 Å². The highest BCUT2D eigenvalue weighted by Gasteiger charge is 2.04. The lowest BCUT2D eigenvalue weighted by Crippen LogP contribution is -2.38. The lowest BCUT2D eigenvalue weighted by atomic mass is 10.2. The molecule has 2 aromatic rings. The number of hydrogen-bond donors (Lipinski definition) is 3. The van der Waals surface area contributed by atoms with Crippen molar-refractivity contribution in [2.75, 3.05) is 26.0 Å². The van der Waals surface area contributed by atoms with Crippen LogP contribution >= 0.6 is 15.9 Å². The van der Waals surface area contributed by atoms with Crippen LogP contribution in [0.1, 0.15) is 12.0 Å². The Kier molecular flexibility index (Phi) is 7.95. The van der Waals surface area contributed by atoms with Gasteiger partial charge in [-0.05, 0) is 42.0 Å². The minimum Gasteiger partial charge on any atom is -0.497 e. The molecular formula is C19H23BrN4O2. The summed E-state index contributed by atoms with van der Waals surface area (Å²) in [6.45, 7) is 1.10. The van der Waals surface area contributed by atoms with Crippen LogP contribution < -0.4 is 20.7 Å². The maximum atomic E-state index is 12.0. The number of nitrogens with zero attached hydrogens (tertiary/aromatic N) is 1. The van der Waals surface area contributed by atoms with Gasteiger partial charge in [-0.3, -0.25) is 9.79 Å². The number of nitrogens with one attached hydrogen (secondary N) is 3. The van der Waals surface area contributed by atoms with Crippen LogP contribution in [0.15, 0.2) is 58.0 Å². The number of carbonyl (C=O) groups is 1. The van der Waals surface area contributed by atoms with Crippen molar-refractivity contribution in [1.29, 1.82) is 0 Å². The van der Waals surface area contributed by atoms with Crippen LogP contribution in [0.4, 0.5) is 5.69 Å². The summed E-state index contributed by atoms with van der Waals surface area (Å²) in [5, 5.41) is 9.20. The van der Waals surface area contributed by atoms with Crippen molar-refractivity contribution in [1.82, 2.24) is 10.6 Å². The average Bonchev–Trinajstić information content (AvgIpc) is 2.66. The molecule has 0 saturated heterocycles. The Morgan fingerprint density at radius 3 is 2.62 bits per heavy atom. The first kappa shape index (κ1) is 19.8. The SMILES string of the molecule is CN=C(NCCC(=O)Nc1ccc(Br)cc1)NCc1cccc(OC)c1. The highest BCUT2D eigenvalue weighted by atomic mass is 79.9. The fourth-order valence-electron chi connectivity index (χ4n) is 2.24. The molecule has 0 aliphatic carbocycles. The van der Waals surface area contributed by atoms with Gasteiger partial charge in [-0.2, -0.15) is 0 Å². The van der Waals surface area contributed by atoms with E-state index in [0.29, 0.717) is 25.5 Å².